The van der Waals surface area contributed by atoms with Gasteiger partial charge >= 0.3 is 0 Å². The van der Waals surface area contributed by atoms with Crippen molar-refractivity contribution in [2.75, 3.05) is 20.3 Å². The molecule has 3 aliphatic rings. The van der Waals surface area contributed by atoms with E-state index in [2.05, 4.69) is 16.2 Å². The van der Waals surface area contributed by atoms with Gasteiger partial charge in [-0.1, -0.05) is 37.5 Å². The molecule has 1 saturated carbocycles. The van der Waals surface area contributed by atoms with Gasteiger partial charge in [0, 0.05) is 5.92 Å². The van der Waals surface area contributed by atoms with Gasteiger partial charge in [0.15, 0.2) is 17.3 Å². The lowest BCUT2D eigenvalue weighted by atomic mass is 9.90. The van der Waals surface area contributed by atoms with Crippen molar-refractivity contribution >= 4 is 39.8 Å². The van der Waals surface area contributed by atoms with Gasteiger partial charge in [-0.05, 0) is 79.4 Å². The molecular formula is C29H32N4O4S. The number of hydrogen-bond donors (Lipinski definition) is 1. The summed E-state index contributed by atoms with van der Waals surface area (Å²) < 4.78 is 17.3. The molecule has 2 aromatic carbocycles. The van der Waals surface area contributed by atoms with E-state index in [4.69, 9.17) is 19.6 Å². The largest absolute Gasteiger partial charge is 0.493 e. The number of fused-ring (bicyclic) bond motifs is 1. The molecule has 2 aliphatic heterocycles. The van der Waals surface area contributed by atoms with E-state index in [0.29, 0.717) is 41.4 Å². The van der Waals surface area contributed by atoms with Crippen LogP contribution >= 0.6 is 11.8 Å². The van der Waals surface area contributed by atoms with Gasteiger partial charge in [-0.2, -0.15) is 15.1 Å². The predicted octanol–water partition coefficient (Wildman–Crippen LogP) is 5.97. The molecule has 0 radical (unpaired) electrons. The summed E-state index contributed by atoms with van der Waals surface area (Å²) in [5, 5.41) is 16.3. The molecule has 9 heteroatoms. The van der Waals surface area contributed by atoms with Crippen LogP contribution in [0.15, 0.2) is 52.1 Å². The summed E-state index contributed by atoms with van der Waals surface area (Å²) in [6, 6.07) is 11.5. The minimum absolute atomic E-state index is 0.0428. The van der Waals surface area contributed by atoms with Gasteiger partial charge in [-0.25, -0.2) is 0 Å². The first-order valence-corrected chi connectivity index (χ1v) is 13.8. The smallest absolute Gasteiger partial charge is 0.283 e. The van der Waals surface area contributed by atoms with Crippen molar-refractivity contribution in [1.82, 2.24) is 5.01 Å². The number of amidine groups is 2. The van der Waals surface area contributed by atoms with Crippen LogP contribution < -0.4 is 14.2 Å². The number of rotatable bonds is 8. The second kappa shape index (κ2) is 11.4. The second-order valence-electron chi connectivity index (χ2n) is 9.67. The van der Waals surface area contributed by atoms with Crippen LogP contribution in [0, 0.1) is 25.2 Å². The SMILES string of the molecule is COc1cc(C=C2C(=N)N3N=C(C4CCCCC4)SC3=NC2=O)ccc1OCCOc1cc(C)ccc1C. The van der Waals surface area contributed by atoms with Crippen molar-refractivity contribution in [3.8, 4) is 17.2 Å². The Morgan fingerprint density at radius 2 is 1.79 bits per heavy atom. The van der Waals surface area contributed by atoms with Crippen LogP contribution in [-0.2, 0) is 4.79 Å². The van der Waals surface area contributed by atoms with E-state index in [-0.39, 0.29) is 11.4 Å². The monoisotopic (exact) mass is 532 g/mol. The molecule has 2 heterocycles. The molecule has 1 N–H and O–H groups in total. The van der Waals surface area contributed by atoms with E-state index in [0.717, 1.165) is 34.8 Å². The number of nitrogens with zero attached hydrogens (tertiary/aromatic N) is 3. The van der Waals surface area contributed by atoms with E-state index in [1.54, 1.807) is 25.3 Å². The van der Waals surface area contributed by atoms with E-state index >= 15 is 0 Å². The molecule has 2 aromatic rings. The third-order valence-electron chi connectivity index (χ3n) is 6.87. The Kier molecular flexibility index (Phi) is 7.83. The molecule has 0 spiro atoms. The third kappa shape index (κ3) is 5.62. The predicted molar refractivity (Wildman–Crippen MR) is 151 cm³/mol. The summed E-state index contributed by atoms with van der Waals surface area (Å²) >= 11 is 1.42. The maximum Gasteiger partial charge on any atom is 0.283 e. The van der Waals surface area contributed by atoms with Gasteiger partial charge in [0.1, 0.15) is 24.0 Å². The van der Waals surface area contributed by atoms with Crippen LogP contribution in [0.25, 0.3) is 6.08 Å². The summed E-state index contributed by atoms with van der Waals surface area (Å²) in [5.41, 5.74) is 3.12. The number of ether oxygens (including phenoxy) is 3. The molecule has 0 unspecified atom stereocenters. The molecular weight excluding hydrogens is 500 g/mol. The number of thioether (sulfide) groups is 1. The van der Waals surface area contributed by atoms with Crippen molar-refractivity contribution in [1.29, 1.82) is 5.41 Å². The average Bonchev–Trinajstić information content (AvgIpc) is 3.36. The molecule has 198 valence electrons. The number of carbonyl (C=O) groups excluding carboxylic acids is 1. The maximum atomic E-state index is 12.8. The quantitative estimate of drug-likeness (QED) is 0.332. The van der Waals surface area contributed by atoms with Crippen LogP contribution in [0.4, 0.5) is 0 Å². The first-order chi connectivity index (χ1) is 18.4. The number of methoxy groups -OCH3 is 1. The lowest BCUT2D eigenvalue weighted by molar-refractivity contribution is -0.114. The zero-order valence-electron chi connectivity index (χ0n) is 22.0. The fraction of sp³-hybridized carbons (Fsp3) is 0.379. The summed E-state index contributed by atoms with van der Waals surface area (Å²) in [4.78, 5) is 17.1. The molecule has 1 aliphatic carbocycles. The van der Waals surface area contributed by atoms with Crippen molar-refractivity contribution in [2.45, 2.75) is 46.0 Å². The third-order valence-corrected chi connectivity index (χ3v) is 7.94. The van der Waals surface area contributed by atoms with Crippen molar-refractivity contribution in [2.24, 2.45) is 16.0 Å². The summed E-state index contributed by atoms with van der Waals surface area (Å²) in [6.45, 7) is 4.78. The van der Waals surface area contributed by atoms with Crippen LogP contribution in [0.2, 0.25) is 0 Å². The highest BCUT2D eigenvalue weighted by molar-refractivity contribution is 8.27. The van der Waals surface area contributed by atoms with E-state index in [9.17, 15) is 4.79 Å². The topological polar surface area (TPSA) is 96.6 Å². The molecule has 0 bridgehead atoms. The highest BCUT2D eigenvalue weighted by atomic mass is 32.2. The highest BCUT2D eigenvalue weighted by Crippen LogP contribution is 2.36. The standard InChI is InChI=1S/C29H32N4O4S/c1-18-9-10-19(2)24(15-18)37-14-13-36-23-12-11-20(17-25(23)35-3)16-22-26(30)33-29(31-27(22)34)38-28(32-33)21-7-5-4-6-8-21/h9-12,15-17,21,30H,4-8,13-14H2,1-3H3. The number of aliphatic imine (C=N–C) groups is 1. The normalized spacial score (nSPS) is 18.8. The zero-order chi connectivity index (χ0) is 26.6. The van der Waals surface area contributed by atoms with Crippen molar-refractivity contribution < 1.29 is 19.0 Å². The fourth-order valence-corrected chi connectivity index (χ4v) is 5.81. The van der Waals surface area contributed by atoms with Crippen molar-refractivity contribution in [3.63, 3.8) is 0 Å². The second-order valence-corrected chi connectivity index (χ2v) is 10.7. The number of hydrogen-bond acceptors (Lipinski definition) is 7. The Morgan fingerprint density at radius 3 is 2.55 bits per heavy atom. The minimum atomic E-state index is -0.434. The number of aryl methyl sites for hydroxylation is 2. The van der Waals surface area contributed by atoms with Crippen LogP contribution in [0.3, 0.4) is 0 Å². The van der Waals surface area contributed by atoms with E-state index in [1.165, 1.54) is 36.0 Å². The first-order valence-electron chi connectivity index (χ1n) is 12.9. The number of hydrazone groups is 1. The van der Waals surface area contributed by atoms with Crippen LogP contribution in [0.5, 0.6) is 17.2 Å². The Bertz CT molecular complexity index is 1340. The van der Waals surface area contributed by atoms with E-state index in [1.807, 2.05) is 32.0 Å². The van der Waals surface area contributed by atoms with Gasteiger partial charge in [0.25, 0.3) is 5.91 Å². The van der Waals surface area contributed by atoms with Gasteiger partial charge < -0.3 is 14.2 Å². The Labute approximate surface area is 227 Å². The lowest BCUT2D eigenvalue weighted by Crippen LogP contribution is -2.35. The van der Waals surface area contributed by atoms with Gasteiger partial charge in [-0.15, -0.1) is 0 Å². The van der Waals surface area contributed by atoms with Gasteiger partial charge in [-0.3, -0.25) is 10.2 Å². The Balaban J connectivity index is 1.26. The number of benzene rings is 2. The fourth-order valence-electron chi connectivity index (χ4n) is 4.75. The average molecular weight is 533 g/mol. The Morgan fingerprint density at radius 1 is 1.03 bits per heavy atom. The van der Waals surface area contributed by atoms with Gasteiger partial charge in [0.2, 0.25) is 5.17 Å². The summed E-state index contributed by atoms with van der Waals surface area (Å²) in [5.74, 6) is 1.94. The number of amides is 1. The lowest BCUT2D eigenvalue weighted by Gasteiger charge is -2.20. The molecule has 0 atom stereocenters. The van der Waals surface area contributed by atoms with Crippen molar-refractivity contribution in [3.05, 3.63) is 58.7 Å². The van der Waals surface area contributed by atoms with E-state index < -0.39 is 5.91 Å². The highest BCUT2D eigenvalue weighted by Gasteiger charge is 2.38. The molecule has 0 aromatic heterocycles. The molecule has 8 nitrogen and oxygen atoms in total. The molecule has 5 rings (SSSR count). The summed E-state index contributed by atoms with van der Waals surface area (Å²) in [6.07, 6.45) is 7.50. The number of nitrogens with one attached hydrogen (secondary N) is 1. The molecule has 38 heavy (non-hydrogen) atoms. The Hall–Kier alpha value is -3.59. The zero-order valence-corrected chi connectivity index (χ0v) is 22.8. The summed E-state index contributed by atoms with van der Waals surface area (Å²) in [7, 11) is 1.57. The maximum absolute atomic E-state index is 12.8. The molecule has 1 amide bonds. The molecule has 0 saturated heterocycles. The van der Waals surface area contributed by atoms with Crippen LogP contribution in [0.1, 0.15) is 48.8 Å². The number of carbonyl (C=O) groups is 1. The van der Waals surface area contributed by atoms with Gasteiger partial charge in [0.05, 0.1) is 12.7 Å². The van der Waals surface area contributed by atoms with Crippen LogP contribution in [-0.4, -0.2) is 47.3 Å². The minimum Gasteiger partial charge on any atom is -0.493 e. The molecule has 1 fully saturated rings. The first kappa shape index (κ1) is 26.0.